The van der Waals surface area contributed by atoms with E-state index in [1.165, 1.54) is 6.33 Å². The molecule has 9 nitrogen and oxygen atoms in total. The van der Waals surface area contributed by atoms with Crippen LogP contribution in [0.25, 0.3) is 0 Å². The lowest BCUT2D eigenvalue weighted by Crippen LogP contribution is -2.38. The van der Waals surface area contributed by atoms with Gasteiger partial charge in [0.2, 0.25) is 11.6 Å². The van der Waals surface area contributed by atoms with Gasteiger partial charge in [0.25, 0.3) is 0 Å². The summed E-state index contributed by atoms with van der Waals surface area (Å²) in [5.74, 6) is -0.108. The second kappa shape index (κ2) is 9.72. The molecule has 1 unspecified atom stereocenters. The van der Waals surface area contributed by atoms with E-state index in [-0.39, 0.29) is 28.1 Å². The van der Waals surface area contributed by atoms with Crippen LogP contribution in [0.1, 0.15) is 56.0 Å². The van der Waals surface area contributed by atoms with Crippen LogP contribution < -0.4 is 9.80 Å². The van der Waals surface area contributed by atoms with E-state index in [4.69, 9.17) is 5.11 Å². The molecule has 1 aromatic heterocycles. The van der Waals surface area contributed by atoms with Crippen molar-refractivity contribution in [1.82, 2.24) is 9.97 Å². The second-order valence-electron chi connectivity index (χ2n) is 8.29. The number of carbonyl (C=O) groups is 1. The number of rotatable bonds is 8. The van der Waals surface area contributed by atoms with Crippen molar-refractivity contribution >= 4 is 23.3 Å². The molecular formula is C22H29N5O4. The third kappa shape index (κ3) is 5.10. The van der Waals surface area contributed by atoms with Crippen molar-refractivity contribution in [3.05, 3.63) is 51.8 Å². The maximum absolute atomic E-state index is 12.2. The first-order valence-electron chi connectivity index (χ1n) is 10.6. The fourth-order valence-corrected chi connectivity index (χ4v) is 3.79. The molecule has 3 rings (SSSR count). The molecule has 0 amide bonds. The van der Waals surface area contributed by atoms with E-state index in [0.29, 0.717) is 18.2 Å². The standard InChI is InChI=1S/C22H29N5O4/c1-15(2)16(3)26(13-17-7-9-18(10-8-17)22(28)29)21-19(27(30)31)20(23-14-24-21)25-11-5-4-6-12-25/h7-10,14-16H,4-6,11-13H2,1-3H3,(H,28,29). The van der Waals surface area contributed by atoms with Gasteiger partial charge in [0.15, 0.2) is 0 Å². The van der Waals surface area contributed by atoms with Crippen LogP contribution in [0.5, 0.6) is 0 Å². The molecule has 1 N–H and O–H groups in total. The molecule has 1 aliphatic rings. The van der Waals surface area contributed by atoms with Gasteiger partial charge in [-0.25, -0.2) is 14.8 Å². The SMILES string of the molecule is CC(C)C(C)N(Cc1ccc(C(=O)O)cc1)c1ncnc(N2CCCCC2)c1[N+](=O)[O-]. The molecule has 1 fully saturated rings. The number of anilines is 2. The average Bonchev–Trinajstić information content (AvgIpc) is 2.77. The van der Waals surface area contributed by atoms with Crippen molar-refractivity contribution in [1.29, 1.82) is 0 Å². The fraction of sp³-hybridized carbons (Fsp3) is 0.500. The molecule has 1 atom stereocenters. The van der Waals surface area contributed by atoms with E-state index < -0.39 is 5.97 Å². The minimum atomic E-state index is -0.989. The summed E-state index contributed by atoms with van der Waals surface area (Å²) in [6.07, 6.45) is 4.49. The van der Waals surface area contributed by atoms with Crippen molar-refractivity contribution in [3.63, 3.8) is 0 Å². The smallest absolute Gasteiger partial charge is 0.353 e. The maximum atomic E-state index is 12.2. The van der Waals surface area contributed by atoms with E-state index in [1.807, 2.05) is 16.7 Å². The lowest BCUT2D eigenvalue weighted by molar-refractivity contribution is -0.383. The minimum Gasteiger partial charge on any atom is -0.478 e. The summed E-state index contributed by atoms with van der Waals surface area (Å²) in [5, 5.41) is 21.3. The van der Waals surface area contributed by atoms with E-state index in [0.717, 1.165) is 37.9 Å². The Bertz CT molecular complexity index is 926. The summed E-state index contributed by atoms with van der Waals surface area (Å²) >= 11 is 0. The molecule has 0 spiro atoms. The Morgan fingerprint density at radius 2 is 1.81 bits per heavy atom. The Labute approximate surface area is 181 Å². The number of carboxylic acid groups (broad SMARTS) is 1. The van der Waals surface area contributed by atoms with Gasteiger partial charge in [0.05, 0.1) is 10.5 Å². The molecule has 31 heavy (non-hydrogen) atoms. The van der Waals surface area contributed by atoms with Crippen LogP contribution >= 0.6 is 0 Å². The van der Waals surface area contributed by atoms with Crippen LogP contribution in [0, 0.1) is 16.0 Å². The van der Waals surface area contributed by atoms with Crippen LogP contribution in [-0.2, 0) is 6.54 Å². The summed E-state index contributed by atoms with van der Waals surface area (Å²) < 4.78 is 0. The van der Waals surface area contributed by atoms with Gasteiger partial charge in [-0.15, -0.1) is 0 Å². The molecule has 2 aromatic rings. The number of nitro groups is 1. The Morgan fingerprint density at radius 3 is 2.35 bits per heavy atom. The highest BCUT2D eigenvalue weighted by atomic mass is 16.6. The predicted molar refractivity (Wildman–Crippen MR) is 119 cm³/mol. The number of hydrogen-bond acceptors (Lipinski definition) is 7. The number of benzene rings is 1. The van der Waals surface area contributed by atoms with Gasteiger partial charge in [-0.2, -0.15) is 0 Å². The molecule has 0 aliphatic carbocycles. The van der Waals surface area contributed by atoms with Gasteiger partial charge in [-0.3, -0.25) is 10.1 Å². The highest BCUT2D eigenvalue weighted by molar-refractivity contribution is 5.87. The Balaban J connectivity index is 2.04. The summed E-state index contributed by atoms with van der Waals surface area (Å²) in [4.78, 5) is 35.5. The summed E-state index contributed by atoms with van der Waals surface area (Å²) in [6, 6.07) is 6.53. The van der Waals surface area contributed by atoms with Crippen molar-refractivity contribution < 1.29 is 14.8 Å². The van der Waals surface area contributed by atoms with Gasteiger partial charge in [0, 0.05) is 25.7 Å². The van der Waals surface area contributed by atoms with Gasteiger partial charge < -0.3 is 14.9 Å². The molecule has 2 heterocycles. The van der Waals surface area contributed by atoms with Crippen molar-refractivity contribution in [2.75, 3.05) is 22.9 Å². The highest BCUT2D eigenvalue weighted by Gasteiger charge is 2.33. The number of hydrogen-bond donors (Lipinski definition) is 1. The number of piperidine rings is 1. The quantitative estimate of drug-likeness (QED) is 0.494. The molecule has 166 valence electrons. The summed E-state index contributed by atoms with van der Waals surface area (Å²) in [6.45, 7) is 7.99. The number of carboxylic acids is 1. The van der Waals surface area contributed by atoms with Gasteiger partial charge in [-0.05, 0) is 49.8 Å². The summed E-state index contributed by atoms with van der Waals surface area (Å²) in [5.41, 5.74) is 0.983. The number of nitrogens with zero attached hydrogens (tertiary/aromatic N) is 5. The third-order valence-electron chi connectivity index (χ3n) is 5.90. The predicted octanol–water partition coefficient (Wildman–Crippen LogP) is 4.12. The third-order valence-corrected chi connectivity index (χ3v) is 5.90. The highest BCUT2D eigenvalue weighted by Crippen LogP contribution is 2.37. The first kappa shape index (κ1) is 22.5. The van der Waals surface area contributed by atoms with Gasteiger partial charge in [-0.1, -0.05) is 26.0 Å². The first-order valence-corrected chi connectivity index (χ1v) is 10.6. The molecular weight excluding hydrogens is 398 g/mol. The Morgan fingerprint density at radius 1 is 1.16 bits per heavy atom. The van der Waals surface area contributed by atoms with E-state index in [2.05, 4.69) is 23.8 Å². The topological polar surface area (TPSA) is 113 Å². The fourth-order valence-electron chi connectivity index (χ4n) is 3.79. The van der Waals surface area contributed by atoms with E-state index >= 15 is 0 Å². The van der Waals surface area contributed by atoms with E-state index in [1.54, 1.807) is 24.3 Å². The molecule has 1 saturated heterocycles. The van der Waals surface area contributed by atoms with Crippen molar-refractivity contribution in [3.8, 4) is 0 Å². The second-order valence-corrected chi connectivity index (χ2v) is 8.29. The monoisotopic (exact) mass is 427 g/mol. The molecule has 0 radical (unpaired) electrons. The lowest BCUT2D eigenvalue weighted by atomic mass is 10.0. The number of aromatic carboxylic acids is 1. The minimum absolute atomic E-state index is 0.0399. The van der Waals surface area contributed by atoms with Crippen LogP contribution in [-0.4, -0.2) is 45.1 Å². The van der Waals surface area contributed by atoms with Crippen LogP contribution in [0.3, 0.4) is 0 Å². The van der Waals surface area contributed by atoms with Crippen molar-refractivity contribution in [2.24, 2.45) is 5.92 Å². The molecule has 9 heteroatoms. The molecule has 0 saturated carbocycles. The zero-order chi connectivity index (χ0) is 22.5. The molecule has 1 aliphatic heterocycles. The van der Waals surface area contributed by atoms with E-state index in [9.17, 15) is 14.9 Å². The van der Waals surface area contributed by atoms with Crippen molar-refractivity contribution in [2.45, 2.75) is 52.6 Å². The van der Waals surface area contributed by atoms with Crippen LogP contribution in [0.15, 0.2) is 30.6 Å². The first-order chi connectivity index (χ1) is 14.8. The Hall–Kier alpha value is -3.23. The van der Waals surface area contributed by atoms with Gasteiger partial charge >= 0.3 is 11.7 Å². The average molecular weight is 428 g/mol. The van der Waals surface area contributed by atoms with Gasteiger partial charge in [0.1, 0.15) is 6.33 Å². The normalized spacial score (nSPS) is 15.0. The zero-order valence-electron chi connectivity index (χ0n) is 18.2. The molecule has 1 aromatic carbocycles. The van der Waals surface area contributed by atoms with Crippen LogP contribution in [0.2, 0.25) is 0 Å². The molecule has 0 bridgehead atoms. The lowest BCUT2D eigenvalue weighted by Gasteiger charge is -2.34. The number of aromatic nitrogens is 2. The maximum Gasteiger partial charge on any atom is 0.353 e. The summed E-state index contributed by atoms with van der Waals surface area (Å²) in [7, 11) is 0. The zero-order valence-corrected chi connectivity index (χ0v) is 18.2. The van der Waals surface area contributed by atoms with Crippen LogP contribution in [0.4, 0.5) is 17.3 Å². The largest absolute Gasteiger partial charge is 0.478 e. The Kier molecular flexibility index (Phi) is 7.04.